The lowest BCUT2D eigenvalue weighted by molar-refractivity contribution is -0.117. The van der Waals surface area contributed by atoms with Crippen molar-refractivity contribution in [1.82, 2.24) is 4.72 Å². The van der Waals surface area contributed by atoms with Gasteiger partial charge < -0.3 is 10.1 Å². The van der Waals surface area contributed by atoms with Gasteiger partial charge in [-0.1, -0.05) is 53.5 Å². The van der Waals surface area contributed by atoms with E-state index in [-0.39, 0.29) is 16.3 Å². The molecule has 174 valence electrons. The molecule has 1 atom stereocenters. The minimum atomic E-state index is -4.06. The van der Waals surface area contributed by atoms with Crippen molar-refractivity contribution in [3.63, 3.8) is 0 Å². The molecule has 0 saturated carbocycles. The van der Waals surface area contributed by atoms with E-state index in [1.165, 1.54) is 18.2 Å². The fourth-order valence-electron chi connectivity index (χ4n) is 3.20. The number of ether oxygens (including phenoxy) is 1. The second-order valence-electron chi connectivity index (χ2n) is 7.34. The smallest absolute Gasteiger partial charge is 0.242 e. The summed E-state index contributed by atoms with van der Waals surface area (Å²) in [4.78, 5) is 13.1. The van der Waals surface area contributed by atoms with Crippen molar-refractivity contribution < 1.29 is 17.9 Å². The van der Waals surface area contributed by atoms with Gasteiger partial charge in [0, 0.05) is 10.7 Å². The van der Waals surface area contributed by atoms with Crippen LogP contribution < -0.4 is 14.8 Å². The third-order valence-corrected chi connectivity index (χ3v) is 6.86. The van der Waals surface area contributed by atoms with E-state index in [0.717, 1.165) is 11.1 Å². The highest BCUT2D eigenvalue weighted by Gasteiger charge is 2.27. The highest BCUT2D eigenvalue weighted by molar-refractivity contribution is 7.89. The van der Waals surface area contributed by atoms with Crippen molar-refractivity contribution >= 4 is 44.8 Å². The molecule has 0 aromatic heterocycles. The van der Waals surface area contributed by atoms with Gasteiger partial charge >= 0.3 is 0 Å². The number of rotatable bonds is 9. The fraction of sp³-hybridized carbons (Fsp3) is 0.208. The SMILES string of the molecule is CCOc1ccc(S(=O)(=O)N[C@@H](Cc2ccccc2)C(=O)Nc2ccc(Cl)cc2C)cc1Cl. The van der Waals surface area contributed by atoms with Gasteiger partial charge in [0.15, 0.2) is 0 Å². The fourth-order valence-corrected chi connectivity index (χ4v) is 4.95. The topological polar surface area (TPSA) is 84.5 Å². The highest BCUT2D eigenvalue weighted by atomic mass is 35.5. The maximum Gasteiger partial charge on any atom is 0.242 e. The van der Waals surface area contributed by atoms with Crippen molar-refractivity contribution in [2.75, 3.05) is 11.9 Å². The standard InChI is InChI=1S/C24H24Cl2N2O4S/c1-3-32-23-12-10-19(15-20(23)26)33(30,31)28-22(14-17-7-5-4-6-8-17)24(29)27-21-11-9-18(25)13-16(21)2/h4-13,15,22,28H,3,14H2,1-2H3,(H,27,29)/t22-/m0/s1. The van der Waals surface area contributed by atoms with Crippen LogP contribution in [0.1, 0.15) is 18.1 Å². The number of hydrogen-bond donors (Lipinski definition) is 2. The van der Waals surface area contributed by atoms with Gasteiger partial charge in [-0.2, -0.15) is 4.72 Å². The largest absolute Gasteiger partial charge is 0.492 e. The Labute approximate surface area is 203 Å². The molecule has 0 bridgehead atoms. The predicted octanol–water partition coefficient (Wildman–Crippen LogP) is 5.23. The lowest BCUT2D eigenvalue weighted by Gasteiger charge is -2.20. The summed E-state index contributed by atoms with van der Waals surface area (Å²) in [5, 5.41) is 3.51. The molecule has 0 saturated heterocycles. The first-order valence-electron chi connectivity index (χ1n) is 10.2. The average molecular weight is 507 g/mol. The second kappa shape index (κ2) is 11.0. The molecule has 0 heterocycles. The predicted molar refractivity (Wildman–Crippen MR) is 132 cm³/mol. The molecule has 0 aliphatic rings. The van der Waals surface area contributed by atoms with E-state index in [1.807, 2.05) is 30.3 Å². The summed E-state index contributed by atoms with van der Waals surface area (Å²) in [5.74, 6) is -0.111. The van der Waals surface area contributed by atoms with Crippen LogP contribution in [-0.2, 0) is 21.2 Å². The number of anilines is 1. The van der Waals surface area contributed by atoms with Gasteiger partial charge in [0.1, 0.15) is 11.8 Å². The first-order chi connectivity index (χ1) is 15.7. The molecule has 3 aromatic rings. The normalized spacial score (nSPS) is 12.2. The Bertz CT molecular complexity index is 1230. The van der Waals surface area contributed by atoms with Crippen LogP contribution in [0.3, 0.4) is 0 Å². The van der Waals surface area contributed by atoms with E-state index in [1.54, 1.807) is 32.0 Å². The van der Waals surface area contributed by atoms with Gasteiger partial charge in [0.25, 0.3) is 0 Å². The van der Waals surface area contributed by atoms with Crippen LogP contribution in [-0.4, -0.2) is 27.0 Å². The van der Waals surface area contributed by atoms with Crippen LogP contribution >= 0.6 is 23.2 Å². The Balaban J connectivity index is 1.88. The van der Waals surface area contributed by atoms with Crippen LogP contribution in [0.25, 0.3) is 0 Å². The number of hydrogen-bond acceptors (Lipinski definition) is 4. The molecule has 9 heteroatoms. The highest BCUT2D eigenvalue weighted by Crippen LogP contribution is 2.27. The van der Waals surface area contributed by atoms with Gasteiger partial charge in [-0.15, -0.1) is 0 Å². The summed E-state index contributed by atoms with van der Waals surface area (Å²) in [6, 6.07) is 17.3. The van der Waals surface area contributed by atoms with E-state index in [2.05, 4.69) is 10.0 Å². The lowest BCUT2D eigenvalue weighted by Crippen LogP contribution is -2.45. The summed E-state index contributed by atoms with van der Waals surface area (Å²) >= 11 is 12.2. The second-order valence-corrected chi connectivity index (χ2v) is 9.89. The molecular weight excluding hydrogens is 483 g/mol. The Morgan fingerprint density at radius 2 is 1.76 bits per heavy atom. The summed E-state index contributed by atoms with van der Waals surface area (Å²) in [7, 11) is -4.06. The van der Waals surface area contributed by atoms with E-state index in [0.29, 0.717) is 23.1 Å². The van der Waals surface area contributed by atoms with E-state index in [9.17, 15) is 13.2 Å². The van der Waals surface area contributed by atoms with Crippen molar-refractivity contribution in [2.45, 2.75) is 31.2 Å². The Morgan fingerprint density at radius 3 is 2.39 bits per heavy atom. The lowest BCUT2D eigenvalue weighted by atomic mass is 10.1. The zero-order chi connectivity index (χ0) is 24.0. The molecule has 3 rings (SSSR count). The minimum absolute atomic E-state index is 0.0653. The van der Waals surface area contributed by atoms with E-state index in [4.69, 9.17) is 27.9 Å². The summed E-state index contributed by atoms with van der Waals surface area (Å²) in [5.41, 5.74) is 2.11. The number of carbonyl (C=O) groups is 1. The summed E-state index contributed by atoms with van der Waals surface area (Å²) in [6.07, 6.45) is 0.156. The molecule has 33 heavy (non-hydrogen) atoms. The van der Waals surface area contributed by atoms with Crippen LogP contribution in [0.2, 0.25) is 10.0 Å². The van der Waals surface area contributed by atoms with Gasteiger partial charge in [-0.25, -0.2) is 8.42 Å². The van der Waals surface area contributed by atoms with Crippen LogP contribution in [0.5, 0.6) is 5.75 Å². The van der Waals surface area contributed by atoms with Crippen molar-refractivity contribution in [3.8, 4) is 5.75 Å². The monoisotopic (exact) mass is 506 g/mol. The molecule has 0 radical (unpaired) electrons. The molecule has 0 unspecified atom stereocenters. The van der Waals surface area contributed by atoms with Crippen LogP contribution in [0.15, 0.2) is 71.6 Å². The summed E-state index contributed by atoms with van der Waals surface area (Å²) in [6.45, 7) is 4.00. The third kappa shape index (κ3) is 6.71. The number of benzene rings is 3. The van der Waals surface area contributed by atoms with Crippen LogP contribution in [0, 0.1) is 6.92 Å². The number of nitrogens with one attached hydrogen (secondary N) is 2. The average Bonchev–Trinajstić information content (AvgIpc) is 2.77. The van der Waals surface area contributed by atoms with Crippen molar-refractivity contribution in [1.29, 1.82) is 0 Å². The maximum absolute atomic E-state index is 13.2. The zero-order valence-corrected chi connectivity index (χ0v) is 20.5. The number of carbonyl (C=O) groups excluding carboxylic acids is 1. The van der Waals surface area contributed by atoms with Gasteiger partial charge in [0.05, 0.1) is 16.5 Å². The van der Waals surface area contributed by atoms with E-state index >= 15 is 0 Å². The van der Waals surface area contributed by atoms with Gasteiger partial charge in [-0.05, 0) is 67.8 Å². The Morgan fingerprint density at radius 1 is 1.03 bits per heavy atom. The quantitative estimate of drug-likeness (QED) is 0.416. The summed E-state index contributed by atoms with van der Waals surface area (Å²) < 4.78 is 34.1. The molecule has 3 aromatic carbocycles. The molecule has 6 nitrogen and oxygen atoms in total. The van der Waals surface area contributed by atoms with Crippen molar-refractivity contribution in [2.24, 2.45) is 0 Å². The Hall–Kier alpha value is -2.58. The van der Waals surface area contributed by atoms with E-state index < -0.39 is 22.0 Å². The number of amides is 1. The molecule has 2 N–H and O–H groups in total. The maximum atomic E-state index is 13.2. The van der Waals surface area contributed by atoms with Gasteiger partial charge in [-0.3, -0.25) is 4.79 Å². The number of halogens is 2. The van der Waals surface area contributed by atoms with Crippen LogP contribution in [0.4, 0.5) is 5.69 Å². The van der Waals surface area contributed by atoms with Crippen molar-refractivity contribution in [3.05, 3.63) is 87.9 Å². The molecular formula is C24H24Cl2N2O4S. The third-order valence-electron chi connectivity index (χ3n) is 4.86. The zero-order valence-electron chi connectivity index (χ0n) is 18.1. The Kier molecular flexibility index (Phi) is 8.37. The van der Waals surface area contributed by atoms with Gasteiger partial charge in [0.2, 0.25) is 15.9 Å². The molecule has 0 aliphatic carbocycles. The first-order valence-corrected chi connectivity index (χ1v) is 12.5. The molecule has 0 spiro atoms. The molecule has 0 fully saturated rings. The molecule has 1 amide bonds. The molecule has 0 aliphatic heterocycles. The number of sulfonamides is 1. The first kappa shape index (κ1) is 25.1. The number of aryl methyl sites for hydroxylation is 1. The minimum Gasteiger partial charge on any atom is -0.492 e.